The maximum absolute atomic E-state index is 12.4. The minimum atomic E-state index is -3.78. The Kier molecular flexibility index (Phi) is 6.15. The van der Waals surface area contributed by atoms with E-state index in [0.717, 1.165) is 9.87 Å². The molecule has 0 radical (unpaired) electrons. The van der Waals surface area contributed by atoms with Crippen LogP contribution in [0.3, 0.4) is 0 Å². The van der Waals surface area contributed by atoms with Crippen LogP contribution in [0, 0.1) is 11.3 Å². The molecule has 0 unspecified atom stereocenters. The molecular weight excluding hydrogens is 362 g/mol. The first kappa shape index (κ1) is 18.9. The van der Waals surface area contributed by atoms with Gasteiger partial charge in [-0.15, -0.1) is 0 Å². The van der Waals surface area contributed by atoms with Gasteiger partial charge in [0.05, 0.1) is 23.9 Å². The zero-order valence-electron chi connectivity index (χ0n) is 13.4. The molecule has 2 aromatic rings. The Morgan fingerprint density at radius 2 is 1.76 bits per heavy atom. The lowest BCUT2D eigenvalue weighted by molar-refractivity contribution is -0.116. The summed E-state index contributed by atoms with van der Waals surface area (Å²) >= 11 is 5.76. The highest BCUT2D eigenvalue weighted by Gasteiger charge is 2.22. The van der Waals surface area contributed by atoms with Crippen LogP contribution in [0.2, 0.25) is 5.02 Å². The number of hydrogen-bond acceptors (Lipinski definition) is 4. The molecule has 25 heavy (non-hydrogen) atoms. The summed E-state index contributed by atoms with van der Waals surface area (Å²) < 4.78 is 25.8. The first-order valence-electron chi connectivity index (χ1n) is 7.30. The van der Waals surface area contributed by atoms with Crippen molar-refractivity contribution in [2.24, 2.45) is 0 Å². The number of sulfonamides is 1. The number of nitrogens with one attached hydrogen (secondary N) is 1. The molecule has 8 heteroatoms. The molecule has 2 rings (SSSR count). The lowest BCUT2D eigenvalue weighted by Gasteiger charge is -2.17. The summed E-state index contributed by atoms with van der Waals surface area (Å²) in [5.41, 5.74) is 1.37. The van der Waals surface area contributed by atoms with Crippen LogP contribution in [0.5, 0.6) is 0 Å². The van der Waals surface area contributed by atoms with Crippen LogP contribution in [-0.4, -0.2) is 32.2 Å². The second kappa shape index (κ2) is 8.12. The van der Waals surface area contributed by atoms with Crippen LogP contribution in [0.15, 0.2) is 53.4 Å². The Hall–Kier alpha value is -2.40. The minimum absolute atomic E-state index is 0.0630. The number of carbonyl (C=O) groups is 1. The van der Waals surface area contributed by atoms with Crippen molar-refractivity contribution in [1.29, 1.82) is 5.26 Å². The van der Waals surface area contributed by atoms with Crippen LogP contribution in [0.1, 0.15) is 5.56 Å². The van der Waals surface area contributed by atoms with E-state index >= 15 is 0 Å². The Bertz CT molecular complexity index is 888. The number of halogens is 1. The van der Waals surface area contributed by atoms with Crippen molar-refractivity contribution in [2.45, 2.75) is 11.3 Å². The van der Waals surface area contributed by atoms with Crippen molar-refractivity contribution < 1.29 is 13.2 Å². The maximum Gasteiger partial charge on any atom is 0.243 e. The molecule has 0 aliphatic heterocycles. The molecular formula is C17H16ClN3O3S. The second-order valence-corrected chi connectivity index (χ2v) is 7.78. The van der Waals surface area contributed by atoms with Crippen LogP contribution < -0.4 is 5.32 Å². The SMILES string of the molecule is CN(CC(=O)Nc1ccc(CC#N)cc1)S(=O)(=O)c1ccc(Cl)cc1. The van der Waals surface area contributed by atoms with Gasteiger partial charge in [-0.3, -0.25) is 4.79 Å². The molecule has 0 fully saturated rings. The van der Waals surface area contributed by atoms with Crippen molar-refractivity contribution in [3.8, 4) is 6.07 Å². The maximum atomic E-state index is 12.4. The van der Waals surface area contributed by atoms with Gasteiger partial charge in [0, 0.05) is 17.8 Å². The molecule has 0 aromatic heterocycles. The third-order valence-electron chi connectivity index (χ3n) is 3.41. The van der Waals surface area contributed by atoms with Crippen molar-refractivity contribution >= 4 is 33.2 Å². The molecule has 1 N–H and O–H groups in total. The molecule has 0 saturated heterocycles. The van der Waals surface area contributed by atoms with Gasteiger partial charge in [0.2, 0.25) is 15.9 Å². The van der Waals surface area contributed by atoms with E-state index in [9.17, 15) is 13.2 Å². The molecule has 0 atom stereocenters. The summed E-state index contributed by atoms with van der Waals surface area (Å²) in [7, 11) is -2.45. The molecule has 0 aliphatic carbocycles. The van der Waals surface area contributed by atoms with Crippen LogP contribution in [0.25, 0.3) is 0 Å². The van der Waals surface area contributed by atoms with Gasteiger partial charge in [0.15, 0.2) is 0 Å². The zero-order valence-corrected chi connectivity index (χ0v) is 15.0. The van der Waals surface area contributed by atoms with E-state index in [0.29, 0.717) is 10.7 Å². The number of rotatable bonds is 6. The van der Waals surface area contributed by atoms with E-state index in [4.69, 9.17) is 16.9 Å². The highest BCUT2D eigenvalue weighted by atomic mass is 35.5. The Balaban J connectivity index is 2.01. The molecule has 6 nitrogen and oxygen atoms in total. The molecule has 0 spiro atoms. The number of anilines is 1. The Morgan fingerprint density at radius 1 is 1.16 bits per heavy atom. The van der Waals surface area contributed by atoms with Crippen molar-refractivity contribution in [3.63, 3.8) is 0 Å². The van der Waals surface area contributed by atoms with Gasteiger partial charge in [-0.2, -0.15) is 9.57 Å². The fourth-order valence-electron chi connectivity index (χ4n) is 2.07. The van der Waals surface area contributed by atoms with E-state index < -0.39 is 15.9 Å². The van der Waals surface area contributed by atoms with Gasteiger partial charge < -0.3 is 5.32 Å². The van der Waals surface area contributed by atoms with Gasteiger partial charge in [0.1, 0.15) is 0 Å². The number of amides is 1. The predicted octanol–water partition coefficient (Wildman–Crippen LogP) is 2.67. The summed E-state index contributed by atoms with van der Waals surface area (Å²) in [6.07, 6.45) is 0.288. The van der Waals surface area contributed by atoms with Gasteiger partial charge in [0.25, 0.3) is 0 Å². The Morgan fingerprint density at radius 3 is 2.32 bits per heavy atom. The fraction of sp³-hybridized carbons (Fsp3) is 0.176. The number of likely N-dealkylation sites (N-methyl/N-ethyl adjacent to an activating group) is 1. The van der Waals surface area contributed by atoms with Gasteiger partial charge >= 0.3 is 0 Å². The summed E-state index contributed by atoms with van der Waals surface area (Å²) in [6, 6.07) is 14.6. The third-order valence-corrected chi connectivity index (χ3v) is 5.48. The third kappa shape index (κ3) is 5.03. The average Bonchev–Trinajstić information content (AvgIpc) is 2.57. The van der Waals surface area contributed by atoms with Crippen molar-refractivity contribution in [2.75, 3.05) is 18.9 Å². The molecule has 0 bridgehead atoms. The van der Waals surface area contributed by atoms with E-state index in [1.54, 1.807) is 24.3 Å². The lowest BCUT2D eigenvalue weighted by Crippen LogP contribution is -2.34. The number of nitrogens with zero attached hydrogens (tertiary/aromatic N) is 2. The number of carbonyl (C=O) groups excluding carboxylic acids is 1. The van der Waals surface area contributed by atoms with Gasteiger partial charge in [-0.1, -0.05) is 23.7 Å². The fourth-order valence-corrected chi connectivity index (χ4v) is 3.32. The topological polar surface area (TPSA) is 90.3 Å². The van der Waals surface area contributed by atoms with Crippen LogP contribution >= 0.6 is 11.6 Å². The standard InChI is InChI=1S/C17H16ClN3O3S/c1-21(25(23,24)16-8-4-14(18)5-9-16)12-17(22)20-15-6-2-13(3-7-15)10-11-19/h2-9H,10,12H2,1H3,(H,20,22). The number of hydrogen-bond donors (Lipinski definition) is 1. The monoisotopic (exact) mass is 377 g/mol. The van der Waals surface area contributed by atoms with Crippen molar-refractivity contribution in [1.82, 2.24) is 4.31 Å². The summed E-state index contributed by atoms with van der Waals surface area (Å²) in [6.45, 7) is -0.328. The van der Waals surface area contributed by atoms with Crippen LogP contribution in [0.4, 0.5) is 5.69 Å². The molecule has 2 aromatic carbocycles. The minimum Gasteiger partial charge on any atom is -0.325 e. The highest BCUT2D eigenvalue weighted by molar-refractivity contribution is 7.89. The molecule has 0 saturated carbocycles. The lowest BCUT2D eigenvalue weighted by atomic mass is 10.1. The molecule has 130 valence electrons. The second-order valence-electron chi connectivity index (χ2n) is 5.29. The normalized spacial score (nSPS) is 11.1. The zero-order chi connectivity index (χ0) is 18.4. The number of benzene rings is 2. The summed E-state index contributed by atoms with van der Waals surface area (Å²) in [5.74, 6) is -0.465. The van der Waals surface area contributed by atoms with Gasteiger partial charge in [-0.05, 0) is 42.0 Å². The number of nitriles is 1. The molecule has 0 heterocycles. The summed E-state index contributed by atoms with van der Waals surface area (Å²) in [4.78, 5) is 12.1. The smallest absolute Gasteiger partial charge is 0.243 e. The molecule has 1 amide bonds. The van der Waals surface area contributed by atoms with E-state index in [-0.39, 0.29) is 17.9 Å². The largest absolute Gasteiger partial charge is 0.325 e. The molecule has 0 aliphatic rings. The highest BCUT2D eigenvalue weighted by Crippen LogP contribution is 2.17. The summed E-state index contributed by atoms with van der Waals surface area (Å²) in [5, 5.41) is 11.7. The van der Waals surface area contributed by atoms with E-state index in [2.05, 4.69) is 5.32 Å². The van der Waals surface area contributed by atoms with Gasteiger partial charge in [-0.25, -0.2) is 8.42 Å². The quantitative estimate of drug-likeness (QED) is 0.837. The first-order chi connectivity index (χ1) is 11.8. The van der Waals surface area contributed by atoms with E-state index in [1.807, 2.05) is 6.07 Å². The van der Waals surface area contributed by atoms with Crippen LogP contribution in [-0.2, 0) is 21.2 Å². The van der Waals surface area contributed by atoms with E-state index in [1.165, 1.54) is 31.3 Å². The predicted molar refractivity (Wildman–Crippen MR) is 95.7 cm³/mol. The van der Waals surface area contributed by atoms with Crippen molar-refractivity contribution in [3.05, 3.63) is 59.1 Å². The Labute approximate surface area is 151 Å². The first-order valence-corrected chi connectivity index (χ1v) is 9.12. The average molecular weight is 378 g/mol.